The number of aromatic amines is 1. The van der Waals surface area contributed by atoms with Crippen LogP contribution in [0.5, 0.6) is 0 Å². The Morgan fingerprint density at radius 3 is 2.65 bits per heavy atom. The molecule has 2 aromatic rings. The van der Waals surface area contributed by atoms with E-state index in [4.69, 9.17) is 11.6 Å². The standard InChI is InChI=1S/C13H13ClN2O/c1-9-6-10(8-15-9)7-13(17)16-12-4-2-11(14)3-5-12/h2-6,8,15H,7H2,1H3,(H,16,17). The van der Waals surface area contributed by atoms with E-state index in [1.807, 2.05) is 19.2 Å². The van der Waals surface area contributed by atoms with Crippen LogP contribution in [0.25, 0.3) is 0 Å². The number of H-pyrrole nitrogens is 1. The second-order valence-electron chi connectivity index (χ2n) is 3.92. The summed E-state index contributed by atoms with van der Waals surface area (Å²) in [6, 6.07) is 9.02. The molecule has 0 unspecified atom stereocenters. The average molecular weight is 249 g/mol. The van der Waals surface area contributed by atoms with Crippen molar-refractivity contribution < 1.29 is 4.79 Å². The fourth-order valence-electron chi connectivity index (χ4n) is 1.59. The average Bonchev–Trinajstić information content (AvgIpc) is 2.67. The van der Waals surface area contributed by atoms with Crippen LogP contribution in [0.2, 0.25) is 5.02 Å². The number of halogens is 1. The van der Waals surface area contributed by atoms with Crippen molar-refractivity contribution in [3.8, 4) is 0 Å². The zero-order valence-corrected chi connectivity index (χ0v) is 10.2. The molecule has 3 nitrogen and oxygen atoms in total. The summed E-state index contributed by atoms with van der Waals surface area (Å²) in [5.74, 6) is -0.0358. The molecule has 4 heteroatoms. The van der Waals surface area contributed by atoms with Crippen LogP contribution in [0.1, 0.15) is 11.3 Å². The molecule has 1 amide bonds. The molecule has 88 valence electrons. The molecule has 17 heavy (non-hydrogen) atoms. The van der Waals surface area contributed by atoms with Crippen LogP contribution in [-0.2, 0) is 11.2 Å². The maximum absolute atomic E-state index is 11.7. The first kappa shape index (κ1) is 11.7. The predicted molar refractivity (Wildman–Crippen MR) is 69.3 cm³/mol. The van der Waals surface area contributed by atoms with Crippen LogP contribution in [0.4, 0.5) is 5.69 Å². The number of carbonyl (C=O) groups is 1. The summed E-state index contributed by atoms with van der Waals surface area (Å²) in [5.41, 5.74) is 2.79. The van der Waals surface area contributed by atoms with Gasteiger partial charge < -0.3 is 10.3 Å². The predicted octanol–water partition coefficient (Wildman–Crippen LogP) is 3.16. The molecular formula is C13H13ClN2O. The van der Waals surface area contributed by atoms with Gasteiger partial charge in [0.2, 0.25) is 5.91 Å². The maximum Gasteiger partial charge on any atom is 0.228 e. The molecular weight excluding hydrogens is 236 g/mol. The quantitative estimate of drug-likeness (QED) is 0.861. The first-order valence-corrected chi connectivity index (χ1v) is 5.70. The fourth-order valence-corrected chi connectivity index (χ4v) is 1.72. The van der Waals surface area contributed by atoms with E-state index >= 15 is 0 Å². The third-order valence-corrected chi connectivity index (χ3v) is 2.63. The van der Waals surface area contributed by atoms with Gasteiger partial charge in [-0.05, 0) is 42.8 Å². The number of anilines is 1. The molecule has 0 radical (unpaired) electrons. The summed E-state index contributed by atoms with van der Waals surface area (Å²) >= 11 is 5.76. The maximum atomic E-state index is 11.7. The minimum atomic E-state index is -0.0358. The summed E-state index contributed by atoms with van der Waals surface area (Å²) in [4.78, 5) is 14.8. The Labute approximate surface area is 105 Å². The van der Waals surface area contributed by atoms with Gasteiger partial charge in [0.15, 0.2) is 0 Å². The summed E-state index contributed by atoms with van der Waals surface area (Å²) in [6.07, 6.45) is 2.21. The SMILES string of the molecule is Cc1cc(CC(=O)Nc2ccc(Cl)cc2)c[nH]1. The van der Waals surface area contributed by atoms with Crippen molar-refractivity contribution in [3.63, 3.8) is 0 Å². The summed E-state index contributed by atoms with van der Waals surface area (Å²) < 4.78 is 0. The van der Waals surface area contributed by atoms with Gasteiger partial charge in [-0.25, -0.2) is 0 Å². The fraction of sp³-hybridized carbons (Fsp3) is 0.154. The van der Waals surface area contributed by atoms with Crippen molar-refractivity contribution >= 4 is 23.2 Å². The largest absolute Gasteiger partial charge is 0.365 e. The van der Waals surface area contributed by atoms with E-state index in [9.17, 15) is 4.79 Å². The van der Waals surface area contributed by atoms with E-state index in [1.165, 1.54) is 0 Å². The normalized spacial score (nSPS) is 10.2. The Kier molecular flexibility index (Phi) is 3.49. The molecule has 0 saturated carbocycles. The Morgan fingerprint density at radius 2 is 2.06 bits per heavy atom. The summed E-state index contributed by atoms with van der Waals surface area (Å²) in [6.45, 7) is 1.96. The van der Waals surface area contributed by atoms with E-state index in [2.05, 4.69) is 10.3 Å². The minimum absolute atomic E-state index is 0.0358. The zero-order chi connectivity index (χ0) is 12.3. The number of aryl methyl sites for hydroxylation is 1. The monoisotopic (exact) mass is 248 g/mol. The van der Waals surface area contributed by atoms with Crippen molar-refractivity contribution in [1.82, 2.24) is 4.98 Å². The van der Waals surface area contributed by atoms with Gasteiger partial charge in [0.05, 0.1) is 6.42 Å². The lowest BCUT2D eigenvalue weighted by Crippen LogP contribution is -2.13. The molecule has 0 saturated heterocycles. The van der Waals surface area contributed by atoms with Gasteiger partial charge >= 0.3 is 0 Å². The molecule has 0 bridgehead atoms. The number of aromatic nitrogens is 1. The number of hydrogen-bond acceptors (Lipinski definition) is 1. The third kappa shape index (κ3) is 3.36. The van der Waals surface area contributed by atoms with E-state index < -0.39 is 0 Å². The first-order chi connectivity index (χ1) is 8.13. The number of nitrogens with one attached hydrogen (secondary N) is 2. The number of amides is 1. The van der Waals surface area contributed by atoms with Gasteiger partial charge in [0, 0.05) is 22.6 Å². The second-order valence-corrected chi connectivity index (χ2v) is 4.36. The molecule has 2 rings (SSSR count). The zero-order valence-electron chi connectivity index (χ0n) is 9.46. The van der Waals surface area contributed by atoms with Crippen molar-refractivity contribution in [2.75, 3.05) is 5.32 Å². The van der Waals surface area contributed by atoms with E-state index in [-0.39, 0.29) is 5.91 Å². The van der Waals surface area contributed by atoms with Crippen molar-refractivity contribution in [3.05, 3.63) is 52.8 Å². The van der Waals surface area contributed by atoms with Gasteiger partial charge in [-0.15, -0.1) is 0 Å². The van der Waals surface area contributed by atoms with Crippen LogP contribution in [0.3, 0.4) is 0 Å². The molecule has 0 aliphatic rings. The van der Waals surface area contributed by atoms with Crippen LogP contribution >= 0.6 is 11.6 Å². The molecule has 0 spiro atoms. The van der Waals surface area contributed by atoms with Crippen molar-refractivity contribution in [2.24, 2.45) is 0 Å². The molecule has 0 fully saturated rings. The summed E-state index contributed by atoms with van der Waals surface area (Å²) in [7, 11) is 0. The molecule has 1 aromatic heterocycles. The van der Waals surface area contributed by atoms with Crippen LogP contribution in [-0.4, -0.2) is 10.9 Å². The molecule has 1 aromatic carbocycles. The molecule has 0 aliphatic carbocycles. The lowest BCUT2D eigenvalue weighted by molar-refractivity contribution is -0.115. The topological polar surface area (TPSA) is 44.9 Å². The lowest BCUT2D eigenvalue weighted by Gasteiger charge is -2.03. The summed E-state index contributed by atoms with van der Waals surface area (Å²) in [5, 5.41) is 3.47. The number of carbonyl (C=O) groups excluding carboxylic acids is 1. The Balaban J connectivity index is 1.95. The number of hydrogen-bond donors (Lipinski definition) is 2. The minimum Gasteiger partial charge on any atom is -0.365 e. The van der Waals surface area contributed by atoms with Crippen LogP contribution in [0, 0.1) is 6.92 Å². The molecule has 2 N–H and O–H groups in total. The Morgan fingerprint density at radius 1 is 1.35 bits per heavy atom. The van der Waals surface area contributed by atoms with E-state index in [0.29, 0.717) is 11.4 Å². The van der Waals surface area contributed by atoms with Gasteiger partial charge in [0.1, 0.15) is 0 Å². The number of benzene rings is 1. The highest BCUT2D eigenvalue weighted by atomic mass is 35.5. The van der Waals surface area contributed by atoms with E-state index in [1.54, 1.807) is 24.3 Å². The van der Waals surface area contributed by atoms with Gasteiger partial charge in [-0.3, -0.25) is 4.79 Å². The molecule has 1 heterocycles. The van der Waals surface area contributed by atoms with E-state index in [0.717, 1.165) is 16.9 Å². The van der Waals surface area contributed by atoms with Crippen LogP contribution in [0.15, 0.2) is 36.5 Å². The smallest absolute Gasteiger partial charge is 0.228 e. The molecule has 0 atom stereocenters. The van der Waals surface area contributed by atoms with Gasteiger partial charge in [0.25, 0.3) is 0 Å². The third-order valence-electron chi connectivity index (χ3n) is 2.38. The molecule has 0 aliphatic heterocycles. The Hall–Kier alpha value is -1.74. The second kappa shape index (κ2) is 5.06. The Bertz CT molecular complexity index is 516. The number of rotatable bonds is 3. The highest BCUT2D eigenvalue weighted by molar-refractivity contribution is 6.30. The van der Waals surface area contributed by atoms with Gasteiger partial charge in [-0.1, -0.05) is 11.6 Å². The van der Waals surface area contributed by atoms with Crippen molar-refractivity contribution in [1.29, 1.82) is 0 Å². The van der Waals surface area contributed by atoms with Gasteiger partial charge in [-0.2, -0.15) is 0 Å². The highest BCUT2D eigenvalue weighted by Crippen LogP contribution is 2.13. The highest BCUT2D eigenvalue weighted by Gasteiger charge is 2.05. The van der Waals surface area contributed by atoms with Crippen molar-refractivity contribution in [2.45, 2.75) is 13.3 Å². The lowest BCUT2D eigenvalue weighted by atomic mass is 10.2. The van der Waals surface area contributed by atoms with Crippen LogP contribution < -0.4 is 5.32 Å². The first-order valence-electron chi connectivity index (χ1n) is 5.33.